The van der Waals surface area contributed by atoms with Crippen LogP contribution in [0.2, 0.25) is 0 Å². The van der Waals surface area contributed by atoms with Crippen molar-refractivity contribution in [3.63, 3.8) is 0 Å². The van der Waals surface area contributed by atoms with Crippen molar-refractivity contribution in [1.82, 2.24) is 0 Å². The highest BCUT2D eigenvalue weighted by atomic mass is 32.2. The summed E-state index contributed by atoms with van der Waals surface area (Å²) in [6.45, 7) is 0. The van der Waals surface area contributed by atoms with Crippen LogP contribution in [-0.2, 0) is 10.1 Å². The summed E-state index contributed by atoms with van der Waals surface area (Å²) in [5.41, 5.74) is 1.28. The van der Waals surface area contributed by atoms with Gasteiger partial charge in [-0.1, -0.05) is 42.5 Å². The van der Waals surface area contributed by atoms with Gasteiger partial charge in [-0.3, -0.25) is 4.79 Å². The number of Topliss-reactive ketones (excluding diaryl/α,β-unsaturated/α-hetero) is 1. The number of fused-ring (bicyclic) bond motifs is 1. The zero-order valence-electron chi connectivity index (χ0n) is 15.5. The molecule has 30 heavy (non-hydrogen) atoms. The Morgan fingerprint density at radius 1 is 0.933 bits per heavy atom. The lowest BCUT2D eigenvalue weighted by Gasteiger charge is -2.07. The van der Waals surface area contributed by atoms with Crippen molar-refractivity contribution < 1.29 is 26.5 Å². The van der Waals surface area contributed by atoms with Crippen LogP contribution < -0.4 is 8.92 Å². The molecule has 3 aromatic carbocycles. The Balaban J connectivity index is 1.52. The van der Waals surface area contributed by atoms with Crippen molar-refractivity contribution in [2.75, 3.05) is 0 Å². The van der Waals surface area contributed by atoms with Gasteiger partial charge in [-0.15, -0.1) is 0 Å². The van der Waals surface area contributed by atoms with E-state index in [1.54, 1.807) is 12.2 Å². The van der Waals surface area contributed by atoms with Gasteiger partial charge in [0.1, 0.15) is 22.2 Å². The molecule has 4 rings (SSSR count). The number of benzene rings is 3. The fraction of sp³-hybridized carbons (Fsp3) is 0. The van der Waals surface area contributed by atoms with Crippen molar-refractivity contribution in [1.29, 1.82) is 0 Å². The fourth-order valence-electron chi connectivity index (χ4n) is 2.82. The highest BCUT2D eigenvalue weighted by Crippen LogP contribution is 2.35. The summed E-state index contributed by atoms with van der Waals surface area (Å²) < 4.78 is 48.4. The molecule has 7 heteroatoms. The van der Waals surface area contributed by atoms with Crippen LogP contribution in [0.25, 0.3) is 6.08 Å². The molecule has 0 bridgehead atoms. The van der Waals surface area contributed by atoms with Crippen molar-refractivity contribution >= 4 is 22.0 Å². The number of ketones is 1. The highest BCUT2D eigenvalue weighted by molar-refractivity contribution is 7.87. The third kappa shape index (κ3) is 4.16. The van der Waals surface area contributed by atoms with Gasteiger partial charge in [-0.25, -0.2) is 4.39 Å². The standard InChI is InChI=1S/C23H15FO5S/c24-17-9-12-19(13-10-17)30(26,27)29-18-11-14-20-22(15-18)28-21(23(20)25)8-4-7-16-5-2-1-3-6-16/h1-15H/b7-4+,21-8-. The van der Waals surface area contributed by atoms with Crippen LogP contribution in [0.5, 0.6) is 11.5 Å². The van der Waals surface area contributed by atoms with Gasteiger partial charge in [0.2, 0.25) is 5.78 Å². The van der Waals surface area contributed by atoms with E-state index < -0.39 is 15.9 Å². The largest absolute Gasteiger partial charge is 0.452 e. The molecular formula is C23H15FO5S. The van der Waals surface area contributed by atoms with E-state index in [4.69, 9.17) is 8.92 Å². The van der Waals surface area contributed by atoms with Gasteiger partial charge >= 0.3 is 10.1 Å². The monoisotopic (exact) mass is 422 g/mol. The molecule has 0 amide bonds. The quantitative estimate of drug-likeness (QED) is 0.438. The van der Waals surface area contributed by atoms with Gasteiger partial charge in [0, 0.05) is 6.07 Å². The predicted molar refractivity (Wildman–Crippen MR) is 109 cm³/mol. The molecule has 0 saturated carbocycles. The van der Waals surface area contributed by atoms with E-state index in [1.807, 2.05) is 36.4 Å². The highest BCUT2D eigenvalue weighted by Gasteiger charge is 2.28. The summed E-state index contributed by atoms with van der Waals surface area (Å²) in [6, 6.07) is 18.0. The molecule has 5 nitrogen and oxygen atoms in total. The zero-order valence-corrected chi connectivity index (χ0v) is 16.3. The smallest absolute Gasteiger partial charge is 0.339 e. The van der Waals surface area contributed by atoms with Crippen LogP contribution in [0.15, 0.2) is 95.6 Å². The second-order valence-electron chi connectivity index (χ2n) is 6.38. The van der Waals surface area contributed by atoms with E-state index in [2.05, 4.69) is 0 Å². The van der Waals surface area contributed by atoms with Crippen molar-refractivity contribution in [3.8, 4) is 11.5 Å². The molecule has 1 heterocycles. The Kier molecular flexibility index (Phi) is 5.20. The second-order valence-corrected chi connectivity index (χ2v) is 7.93. The zero-order chi connectivity index (χ0) is 21.1. The first-order chi connectivity index (χ1) is 14.4. The SMILES string of the molecule is O=C1/C(=C/C=C/c2ccccc2)Oc2cc(OS(=O)(=O)c3ccc(F)cc3)ccc21. The molecule has 0 aliphatic carbocycles. The number of ether oxygens (including phenoxy) is 1. The summed E-state index contributed by atoms with van der Waals surface area (Å²) in [4.78, 5) is 12.3. The average Bonchev–Trinajstić information content (AvgIpc) is 3.04. The Morgan fingerprint density at radius 3 is 2.40 bits per heavy atom. The molecular weight excluding hydrogens is 407 g/mol. The topological polar surface area (TPSA) is 69.7 Å². The average molecular weight is 422 g/mol. The summed E-state index contributed by atoms with van der Waals surface area (Å²) in [5.74, 6) is -0.566. The maximum Gasteiger partial charge on any atom is 0.339 e. The van der Waals surface area contributed by atoms with Crippen molar-refractivity contribution in [2.24, 2.45) is 0 Å². The molecule has 0 fully saturated rings. The molecule has 0 N–H and O–H groups in total. The number of halogens is 1. The number of carbonyl (C=O) groups is 1. The third-order valence-corrected chi connectivity index (χ3v) is 5.55. The Labute approximate surface area is 172 Å². The van der Waals surface area contributed by atoms with Gasteiger partial charge in [0.25, 0.3) is 0 Å². The van der Waals surface area contributed by atoms with E-state index in [0.29, 0.717) is 5.56 Å². The fourth-order valence-corrected chi connectivity index (χ4v) is 3.74. The molecule has 3 aromatic rings. The number of allylic oxidation sites excluding steroid dienone is 3. The number of rotatable bonds is 5. The summed E-state index contributed by atoms with van der Waals surface area (Å²) in [7, 11) is -4.15. The maximum atomic E-state index is 13.0. The van der Waals surface area contributed by atoms with Crippen LogP contribution >= 0.6 is 0 Å². The second kappa shape index (κ2) is 7.96. The minimum atomic E-state index is -4.15. The molecule has 0 saturated heterocycles. The van der Waals surface area contributed by atoms with E-state index in [1.165, 1.54) is 18.2 Å². The lowest BCUT2D eigenvalue weighted by atomic mass is 10.1. The van der Waals surface area contributed by atoms with Crippen molar-refractivity contribution in [2.45, 2.75) is 4.90 Å². The van der Waals surface area contributed by atoms with E-state index in [-0.39, 0.29) is 27.9 Å². The van der Waals surface area contributed by atoms with E-state index >= 15 is 0 Å². The molecule has 0 aromatic heterocycles. The Hall–Kier alpha value is -3.71. The predicted octanol–water partition coefficient (Wildman–Crippen LogP) is 4.77. The van der Waals surface area contributed by atoms with E-state index in [9.17, 15) is 17.6 Å². The van der Waals surface area contributed by atoms with E-state index in [0.717, 1.165) is 29.8 Å². The first-order valence-corrected chi connectivity index (χ1v) is 10.3. The first-order valence-electron chi connectivity index (χ1n) is 8.92. The Bertz CT molecular complexity index is 1260. The van der Waals surface area contributed by atoms with Crippen LogP contribution in [0, 0.1) is 5.82 Å². The minimum Gasteiger partial charge on any atom is -0.452 e. The van der Waals surface area contributed by atoms with Gasteiger partial charge in [-0.2, -0.15) is 8.42 Å². The molecule has 0 spiro atoms. The van der Waals surface area contributed by atoms with Crippen LogP contribution in [0.4, 0.5) is 4.39 Å². The number of hydrogen-bond acceptors (Lipinski definition) is 5. The molecule has 0 radical (unpaired) electrons. The maximum absolute atomic E-state index is 13.0. The van der Waals surface area contributed by atoms with Crippen LogP contribution in [0.1, 0.15) is 15.9 Å². The lowest BCUT2D eigenvalue weighted by molar-refractivity contribution is 0.101. The molecule has 0 atom stereocenters. The van der Waals surface area contributed by atoms with Gasteiger partial charge in [-0.05, 0) is 48.0 Å². The van der Waals surface area contributed by atoms with Gasteiger partial charge in [0.15, 0.2) is 5.76 Å². The minimum absolute atomic E-state index is 0.0213. The summed E-state index contributed by atoms with van der Waals surface area (Å²) >= 11 is 0. The van der Waals surface area contributed by atoms with Gasteiger partial charge in [0.05, 0.1) is 5.56 Å². The number of carbonyl (C=O) groups excluding carboxylic acids is 1. The molecule has 0 unspecified atom stereocenters. The molecule has 1 aliphatic heterocycles. The van der Waals surface area contributed by atoms with Gasteiger partial charge < -0.3 is 8.92 Å². The first kappa shape index (κ1) is 19.6. The normalized spacial score (nSPS) is 14.7. The lowest BCUT2D eigenvalue weighted by Crippen LogP contribution is -2.09. The van der Waals surface area contributed by atoms with Crippen molar-refractivity contribution in [3.05, 3.63) is 108 Å². The Morgan fingerprint density at radius 2 is 1.67 bits per heavy atom. The molecule has 1 aliphatic rings. The third-order valence-electron chi connectivity index (χ3n) is 4.29. The number of hydrogen-bond donors (Lipinski definition) is 0. The summed E-state index contributed by atoms with van der Waals surface area (Å²) in [5, 5.41) is 0. The summed E-state index contributed by atoms with van der Waals surface area (Å²) in [6.07, 6.45) is 5.08. The molecule has 150 valence electrons. The van der Waals surface area contributed by atoms with Crippen LogP contribution in [0.3, 0.4) is 0 Å². The van der Waals surface area contributed by atoms with Crippen LogP contribution in [-0.4, -0.2) is 14.2 Å².